The Balaban J connectivity index is 2.72. The second kappa shape index (κ2) is 6.73. The third kappa shape index (κ3) is 3.45. The lowest BCUT2D eigenvalue weighted by molar-refractivity contribution is 0.0931. The first-order valence-corrected chi connectivity index (χ1v) is 7.22. The normalized spacial score (nSPS) is 11.3. The maximum absolute atomic E-state index is 11.9. The van der Waals surface area contributed by atoms with Crippen LogP contribution in [0.25, 0.3) is 0 Å². The largest absolute Gasteiger partial charge is 0.367 e. The van der Waals surface area contributed by atoms with Crippen LogP contribution >= 0.6 is 15.9 Å². The molecule has 0 radical (unpaired) electrons. The number of hydrogen-bond acceptors (Lipinski definition) is 2. The van der Waals surface area contributed by atoms with E-state index in [0.717, 1.165) is 18.2 Å². The molecule has 1 amide bonds. The lowest BCUT2D eigenvalue weighted by atomic mass is 9.84. The molecule has 0 saturated heterocycles. The van der Waals surface area contributed by atoms with Gasteiger partial charge >= 0.3 is 0 Å². The quantitative estimate of drug-likeness (QED) is 0.791. The van der Waals surface area contributed by atoms with Crippen molar-refractivity contribution in [3.63, 3.8) is 0 Å². The molecular weight excluding hydrogens is 296 g/mol. The second-order valence-electron chi connectivity index (χ2n) is 4.45. The highest BCUT2D eigenvalue weighted by molar-refractivity contribution is 9.09. The van der Waals surface area contributed by atoms with Gasteiger partial charge in [-0.15, -0.1) is 0 Å². The lowest BCUT2D eigenvalue weighted by Gasteiger charge is -2.29. The molecule has 18 heavy (non-hydrogen) atoms. The zero-order chi connectivity index (χ0) is 13.6. The minimum absolute atomic E-state index is 0.0528. The summed E-state index contributed by atoms with van der Waals surface area (Å²) in [6.45, 7) is 4.77. The van der Waals surface area contributed by atoms with Gasteiger partial charge in [-0.2, -0.15) is 0 Å². The molecule has 0 aromatic carbocycles. The van der Waals surface area contributed by atoms with E-state index in [0.29, 0.717) is 6.54 Å². The summed E-state index contributed by atoms with van der Waals surface area (Å²) in [5.74, 6) is -0.316. The molecule has 0 spiro atoms. The summed E-state index contributed by atoms with van der Waals surface area (Å²) in [4.78, 5) is 26.2. The van der Waals surface area contributed by atoms with Crippen LogP contribution in [-0.4, -0.2) is 22.8 Å². The predicted octanol–water partition coefficient (Wildman–Crippen LogP) is 2.31. The fraction of sp³-hybridized carbons (Fsp3) is 0.538. The van der Waals surface area contributed by atoms with Gasteiger partial charge in [-0.25, -0.2) is 0 Å². The molecule has 100 valence electrons. The van der Waals surface area contributed by atoms with Crippen LogP contribution in [-0.2, 0) is 0 Å². The van der Waals surface area contributed by atoms with Crippen molar-refractivity contribution in [2.24, 2.45) is 5.41 Å². The van der Waals surface area contributed by atoms with Crippen molar-refractivity contribution in [1.29, 1.82) is 0 Å². The van der Waals surface area contributed by atoms with Crippen LogP contribution in [0, 0.1) is 5.41 Å². The number of halogens is 1. The van der Waals surface area contributed by atoms with E-state index >= 15 is 0 Å². The molecule has 1 rings (SSSR count). The number of aromatic amines is 1. The van der Waals surface area contributed by atoms with Gasteiger partial charge in [-0.3, -0.25) is 9.59 Å². The standard InChI is InChI=1S/C13H19BrN2O2/c1-3-13(4-2,8-14)9-16-12(18)10-7-15-6-5-11(10)17/h5-7H,3-4,8-9H2,1-2H3,(H,15,17)(H,16,18). The fourth-order valence-corrected chi connectivity index (χ4v) is 2.68. The van der Waals surface area contributed by atoms with E-state index in [9.17, 15) is 9.59 Å². The number of rotatable bonds is 6. The van der Waals surface area contributed by atoms with Crippen LogP contribution in [0.5, 0.6) is 0 Å². The van der Waals surface area contributed by atoms with Crippen molar-refractivity contribution in [3.8, 4) is 0 Å². The van der Waals surface area contributed by atoms with Crippen LogP contribution < -0.4 is 10.7 Å². The van der Waals surface area contributed by atoms with Gasteiger partial charge < -0.3 is 10.3 Å². The second-order valence-corrected chi connectivity index (χ2v) is 5.01. The van der Waals surface area contributed by atoms with Crippen molar-refractivity contribution in [2.75, 3.05) is 11.9 Å². The van der Waals surface area contributed by atoms with Gasteiger partial charge in [0.05, 0.1) is 0 Å². The molecule has 5 heteroatoms. The van der Waals surface area contributed by atoms with Crippen LogP contribution in [0.1, 0.15) is 37.0 Å². The summed E-state index contributed by atoms with van der Waals surface area (Å²) in [7, 11) is 0. The maximum atomic E-state index is 11.9. The van der Waals surface area contributed by atoms with E-state index in [1.165, 1.54) is 18.5 Å². The number of carbonyl (C=O) groups is 1. The number of carbonyl (C=O) groups excluding carboxylic acids is 1. The Hall–Kier alpha value is -1.10. The Kier molecular flexibility index (Phi) is 5.59. The summed E-state index contributed by atoms with van der Waals surface area (Å²) in [5, 5.41) is 3.68. The van der Waals surface area contributed by atoms with E-state index < -0.39 is 0 Å². The molecule has 0 aliphatic heterocycles. The van der Waals surface area contributed by atoms with E-state index in [4.69, 9.17) is 0 Å². The molecule has 0 atom stereocenters. The predicted molar refractivity (Wildman–Crippen MR) is 76.2 cm³/mol. The third-order valence-electron chi connectivity index (χ3n) is 3.48. The van der Waals surface area contributed by atoms with Gasteiger partial charge in [0.25, 0.3) is 5.91 Å². The van der Waals surface area contributed by atoms with Gasteiger partial charge in [0.15, 0.2) is 5.43 Å². The van der Waals surface area contributed by atoms with Crippen LogP contribution in [0.4, 0.5) is 0 Å². The SMILES string of the molecule is CCC(CC)(CBr)CNC(=O)c1c[nH]ccc1=O. The number of H-pyrrole nitrogens is 1. The minimum Gasteiger partial charge on any atom is -0.367 e. The van der Waals surface area contributed by atoms with Crippen molar-refractivity contribution in [1.82, 2.24) is 10.3 Å². The molecule has 1 aromatic rings. The molecule has 0 fully saturated rings. The zero-order valence-electron chi connectivity index (χ0n) is 10.8. The topological polar surface area (TPSA) is 62.0 Å². The zero-order valence-corrected chi connectivity index (χ0v) is 12.3. The van der Waals surface area contributed by atoms with Gasteiger partial charge in [-0.05, 0) is 18.3 Å². The number of alkyl halides is 1. The van der Waals surface area contributed by atoms with E-state index in [-0.39, 0.29) is 22.3 Å². The van der Waals surface area contributed by atoms with Gasteiger partial charge in [0, 0.05) is 30.3 Å². The van der Waals surface area contributed by atoms with Crippen LogP contribution in [0.2, 0.25) is 0 Å². The number of nitrogens with one attached hydrogen (secondary N) is 2. The van der Waals surface area contributed by atoms with E-state index in [2.05, 4.69) is 40.1 Å². The average Bonchev–Trinajstić information content (AvgIpc) is 2.41. The highest BCUT2D eigenvalue weighted by Gasteiger charge is 2.25. The lowest BCUT2D eigenvalue weighted by Crippen LogP contribution is -2.39. The molecule has 0 aliphatic rings. The Morgan fingerprint density at radius 3 is 2.61 bits per heavy atom. The van der Waals surface area contributed by atoms with Crippen LogP contribution in [0.3, 0.4) is 0 Å². The highest BCUT2D eigenvalue weighted by atomic mass is 79.9. The van der Waals surface area contributed by atoms with Crippen LogP contribution in [0.15, 0.2) is 23.3 Å². The Morgan fingerprint density at radius 1 is 1.44 bits per heavy atom. The molecule has 1 heterocycles. The van der Waals surface area contributed by atoms with Gasteiger partial charge in [0.2, 0.25) is 0 Å². The van der Waals surface area contributed by atoms with Gasteiger partial charge in [0.1, 0.15) is 5.56 Å². The first kappa shape index (κ1) is 15.0. The molecule has 0 bridgehead atoms. The third-order valence-corrected chi connectivity index (χ3v) is 4.67. The molecule has 2 N–H and O–H groups in total. The number of hydrogen-bond donors (Lipinski definition) is 2. The molecular formula is C13H19BrN2O2. The maximum Gasteiger partial charge on any atom is 0.256 e. The summed E-state index contributed by atoms with van der Waals surface area (Å²) < 4.78 is 0. The monoisotopic (exact) mass is 314 g/mol. The Morgan fingerprint density at radius 2 is 2.11 bits per heavy atom. The molecule has 0 saturated carbocycles. The van der Waals surface area contributed by atoms with E-state index in [1.54, 1.807) is 0 Å². The summed E-state index contributed by atoms with van der Waals surface area (Å²) in [6, 6.07) is 1.35. The van der Waals surface area contributed by atoms with Crippen molar-refractivity contribution >= 4 is 21.8 Å². The summed E-state index contributed by atoms with van der Waals surface area (Å²) in [5.41, 5.74) is -0.0473. The Bertz CT molecular complexity index is 444. The van der Waals surface area contributed by atoms with Crippen molar-refractivity contribution in [2.45, 2.75) is 26.7 Å². The fourth-order valence-electron chi connectivity index (χ4n) is 1.69. The first-order chi connectivity index (χ1) is 8.58. The van der Waals surface area contributed by atoms with Crippen molar-refractivity contribution < 1.29 is 4.79 Å². The molecule has 0 unspecified atom stereocenters. The smallest absolute Gasteiger partial charge is 0.256 e. The molecule has 0 aliphatic carbocycles. The first-order valence-electron chi connectivity index (χ1n) is 6.10. The van der Waals surface area contributed by atoms with Crippen molar-refractivity contribution in [3.05, 3.63) is 34.2 Å². The highest BCUT2D eigenvalue weighted by Crippen LogP contribution is 2.27. The number of amides is 1. The number of aromatic nitrogens is 1. The summed E-state index contributed by atoms with van der Waals surface area (Å²) >= 11 is 3.50. The molecule has 4 nitrogen and oxygen atoms in total. The van der Waals surface area contributed by atoms with E-state index in [1.807, 2.05) is 0 Å². The summed E-state index contributed by atoms with van der Waals surface area (Å²) in [6.07, 6.45) is 4.89. The minimum atomic E-state index is -0.316. The van der Waals surface area contributed by atoms with Gasteiger partial charge in [-0.1, -0.05) is 29.8 Å². The number of pyridine rings is 1. The average molecular weight is 315 g/mol. The Labute approximate surface area is 115 Å². The molecule has 1 aromatic heterocycles.